The minimum absolute atomic E-state index is 0.0323. The van der Waals surface area contributed by atoms with Crippen LogP contribution in [-0.2, 0) is 21.2 Å². The number of benzene rings is 2. The highest BCUT2D eigenvalue weighted by Gasteiger charge is 2.16. The van der Waals surface area contributed by atoms with E-state index < -0.39 is 10.0 Å². The van der Waals surface area contributed by atoms with Gasteiger partial charge in [-0.3, -0.25) is 14.6 Å². The molecule has 0 aliphatic carbocycles. The molecule has 142 valence electrons. The molecule has 0 bridgehead atoms. The van der Waals surface area contributed by atoms with Crippen LogP contribution in [0.25, 0.3) is 10.9 Å². The van der Waals surface area contributed by atoms with E-state index in [4.69, 9.17) is 0 Å². The second-order valence-corrected chi connectivity index (χ2v) is 8.50. The number of nitrogens with one attached hydrogen (secondary N) is 3. The van der Waals surface area contributed by atoms with Crippen molar-refractivity contribution in [2.45, 2.75) is 11.3 Å². The van der Waals surface area contributed by atoms with Crippen molar-refractivity contribution in [3.8, 4) is 0 Å². The van der Waals surface area contributed by atoms with Gasteiger partial charge < -0.3 is 5.32 Å². The van der Waals surface area contributed by atoms with Gasteiger partial charge in [-0.1, -0.05) is 18.2 Å². The molecule has 1 amide bonds. The summed E-state index contributed by atoms with van der Waals surface area (Å²) in [5.41, 5.74) is 1.95. The van der Waals surface area contributed by atoms with Crippen LogP contribution in [0.1, 0.15) is 5.69 Å². The summed E-state index contributed by atoms with van der Waals surface area (Å²) in [6, 6.07) is 13.5. The average molecular weight is 413 g/mol. The highest BCUT2D eigenvalue weighted by Crippen LogP contribution is 2.21. The Labute approximate surface area is 164 Å². The van der Waals surface area contributed by atoms with Crippen molar-refractivity contribution in [3.05, 3.63) is 65.8 Å². The predicted molar refractivity (Wildman–Crippen MR) is 108 cm³/mol. The lowest BCUT2D eigenvalue weighted by molar-refractivity contribution is -0.115. The van der Waals surface area contributed by atoms with E-state index in [1.165, 1.54) is 12.1 Å². The first-order chi connectivity index (χ1) is 13.5. The van der Waals surface area contributed by atoms with Gasteiger partial charge in [0.2, 0.25) is 5.91 Å². The molecular weight excluding hydrogens is 398 g/mol. The average Bonchev–Trinajstić information content (AvgIpc) is 3.31. The highest BCUT2D eigenvalue weighted by atomic mass is 32.2. The fourth-order valence-electron chi connectivity index (χ4n) is 2.59. The molecule has 0 aliphatic heterocycles. The largest absolute Gasteiger partial charge is 0.326 e. The van der Waals surface area contributed by atoms with Gasteiger partial charge in [0.25, 0.3) is 10.0 Å². The molecule has 8 nitrogen and oxygen atoms in total. The van der Waals surface area contributed by atoms with Crippen LogP contribution in [-0.4, -0.2) is 29.5 Å². The molecule has 0 unspecified atom stereocenters. The summed E-state index contributed by atoms with van der Waals surface area (Å²) in [7, 11) is -3.70. The number of carbonyl (C=O) groups is 1. The highest BCUT2D eigenvalue weighted by molar-refractivity contribution is 7.93. The van der Waals surface area contributed by atoms with Gasteiger partial charge in [-0.2, -0.15) is 5.10 Å². The van der Waals surface area contributed by atoms with Gasteiger partial charge in [-0.05, 0) is 30.3 Å². The van der Waals surface area contributed by atoms with Gasteiger partial charge in [0, 0.05) is 16.5 Å². The van der Waals surface area contributed by atoms with E-state index in [0.29, 0.717) is 11.4 Å². The van der Waals surface area contributed by atoms with Crippen LogP contribution in [0.4, 0.5) is 10.8 Å². The molecule has 2 aromatic carbocycles. The minimum atomic E-state index is -3.70. The van der Waals surface area contributed by atoms with Crippen LogP contribution < -0.4 is 10.0 Å². The Morgan fingerprint density at radius 3 is 2.79 bits per heavy atom. The number of thiazole rings is 1. The molecule has 2 aromatic heterocycles. The number of aromatic nitrogens is 3. The van der Waals surface area contributed by atoms with Gasteiger partial charge in [0.1, 0.15) is 0 Å². The molecular formula is C18H15N5O3S2. The van der Waals surface area contributed by atoms with E-state index in [9.17, 15) is 13.2 Å². The smallest absolute Gasteiger partial charge is 0.263 e. The topological polar surface area (TPSA) is 117 Å². The van der Waals surface area contributed by atoms with Crippen molar-refractivity contribution in [1.29, 1.82) is 0 Å². The standard InChI is InChI=1S/C18H15N5O3S2/c24-17(20-13-7-6-12-10-19-22-16(12)8-13)9-14-11-27-18(21-14)23-28(25,26)15-4-2-1-3-5-15/h1-8,10-11H,9H2,(H,19,22)(H,20,24)(H,21,23). The summed E-state index contributed by atoms with van der Waals surface area (Å²) < 4.78 is 27.1. The van der Waals surface area contributed by atoms with Gasteiger partial charge in [-0.25, -0.2) is 13.4 Å². The normalized spacial score (nSPS) is 11.4. The third kappa shape index (κ3) is 4.02. The first kappa shape index (κ1) is 18.1. The molecule has 10 heteroatoms. The molecule has 0 radical (unpaired) electrons. The van der Waals surface area contributed by atoms with Gasteiger partial charge >= 0.3 is 0 Å². The maximum atomic E-state index is 12.3. The first-order valence-corrected chi connectivity index (χ1v) is 10.6. The second kappa shape index (κ2) is 7.41. The number of rotatable bonds is 6. The van der Waals surface area contributed by atoms with Gasteiger partial charge in [-0.15, -0.1) is 11.3 Å². The van der Waals surface area contributed by atoms with Crippen LogP contribution in [0.5, 0.6) is 0 Å². The Bertz CT molecular complexity index is 1230. The van der Waals surface area contributed by atoms with Crippen molar-refractivity contribution in [2.75, 3.05) is 10.0 Å². The third-order valence-electron chi connectivity index (χ3n) is 3.89. The quantitative estimate of drug-likeness (QED) is 0.449. The number of H-pyrrole nitrogens is 1. The van der Waals surface area contributed by atoms with E-state index >= 15 is 0 Å². The summed E-state index contributed by atoms with van der Waals surface area (Å²) in [4.78, 5) is 16.6. The van der Waals surface area contributed by atoms with Gasteiger partial charge in [0.15, 0.2) is 5.13 Å². The number of anilines is 2. The lowest BCUT2D eigenvalue weighted by atomic mass is 10.2. The number of carbonyl (C=O) groups excluding carboxylic acids is 1. The minimum Gasteiger partial charge on any atom is -0.326 e. The Kier molecular flexibility index (Phi) is 4.80. The zero-order chi connectivity index (χ0) is 19.6. The Balaban J connectivity index is 1.40. The number of hydrogen-bond acceptors (Lipinski definition) is 6. The molecule has 0 aliphatic rings. The number of hydrogen-bond donors (Lipinski definition) is 3. The van der Waals surface area contributed by atoms with Crippen molar-refractivity contribution in [2.24, 2.45) is 0 Å². The molecule has 4 rings (SSSR count). The molecule has 28 heavy (non-hydrogen) atoms. The van der Waals surface area contributed by atoms with E-state index in [2.05, 4.69) is 25.2 Å². The number of sulfonamides is 1. The zero-order valence-corrected chi connectivity index (χ0v) is 16.0. The van der Waals surface area contributed by atoms with Crippen LogP contribution in [0.3, 0.4) is 0 Å². The Hall–Kier alpha value is -3.24. The number of nitrogens with zero attached hydrogens (tertiary/aromatic N) is 2. The summed E-state index contributed by atoms with van der Waals surface area (Å²) in [6.45, 7) is 0. The van der Waals surface area contributed by atoms with Crippen molar-refractivity contribution in [3.63, 3.8) is 0 Å². The molecule has 3 N–H and O–H groups in total. The van der Waals surface area contributed by atoms with Crippen LogP contribution >= 0.6 is 11.3 Å². The fraction of sp³-hybridized carbons (Fsp3) is 0.0556. The summed E-state index contributed by atoms with van der Waals surface area (Å²) >= 11 is 1.13. The van der Waals surface area contributed by atoms with Crippen LogP contribution in [0.2, 0.25) is 0 Å². The van der Waals surface area contributed by atoms with Gasteiger partial charge in [0.05, 0.1) is 28.7 Å². The molecule has 0 saturated carbocycles. The summed E-state index contributed by atoms with van der Waals surface area (Å²) in [5, 5.41) is 12.4. The monoisotopic (exact) mass is 413 g/mol. The second-order valence-electron chi connectivity index (χ2n) is 5.96. The van der Waals surface area contributed by atoms with Crippen molar-refractivity contribution in [1.82, 2.24) is 15.2 Å². The maximum Gasteiger partial charge on any atom is 0.263 e. The Morgan fingerprint density at radius 2 is 1.96 bits per heavy atom. The summed E-state index contributed by atoms with van der Waals surface area (Å²) in [6.07, 6.45) is 1.73. The predicted octanol–water partition coefficient (Wildman–Crippen LogP) is 3.00. The molecule has 0 spiro atoms. The van der Waals surface area contributed by atoms with E-state index in [1.54, 1.807) is 41.9 Å². The van der Waals surface area contributed by atoms with E-state index in [-0.39, 0.29) is 22.4 Å². The zero-order valence-electron chi connectivity index (χ0n) is 14.4. The van der Waals surface area contributed by atoms with E-state index in [1.807, 2.05) is 6.07 Å². The number of amides is 1. The van der Waals surface area contributed by atoms with Crippen LogP contribution in [0, 0.1) is 0 Å². The fourth-order valence-corrected chi connectivity index (χ4v) is 4.58. The van der Waals surface area contributed by atoms with E-state index in [0.717, 1.165) is 22.2 Å². The van der Waals surface area contributed by atoms with Crippen LogP contribution in [0.15, 0.2) is 65.0 Å². The maximum absolute atomic E-state index is 12.3. The van der Waals surface area contributed by atoms with Crippen molar-refractivity contribution >= 4 is 49.0 Å². The molecule has 4 aromatic rings. The number of aromatic amines is 1. The third-order valence-corrected chi connectivity index (χ3v) is 6.18. The SMILES string of the molecule is O=C(Cc1csc(NS(=O)(=O)c2ccccc2)n1)Nc1ccc2cn[nH]c2c1. The lowest BCUT2D eigenvalue weighted by Crippen LogP contribution is -2.15. The van der Waals surface area contributed by atoms with Crippen molar-refractivity contribution < 1.29 is 13.2 Å². The number of fused-ring (bicyclic) bond motifs is 1. The summed E-state index contributed by atoms with van der Waals surface area (Å²) in [5.74, 6) is -0.248. The first-order valence-electron chi connectivity index (χ1n) is 8.25. The molecule has 0 fully saturated rings. The molecule has 0 saturated heterocycles. The molecule has 0 atom stereocenters. The Morgan fingerprint density at radius 1 is 1.14 bits per heavy atom. The lowest BCUT2D eigenvalue weighted by Gasteiger charge is -2.05. The molecule has 2 heterocycles.